The van der Waals surface area contributed by atoms with E-state index in [1.807, 2.05) is 0 Å². The molecule has 1 aliphatic heterocycles. The topological polar surface area (TPSA) is 119 Å². The molecule has 160 valence electrons. The first-order valence-electron chi connectivity index (χ1n) is 10.6. The molecule has 0 unspecified atom stereocenters. The van der Waals surface area contributed by atoms with Crippen LogP contribution in [-0.4, -0.2) is 26.9 Å². The number of hydrogen-bond acceptors (Lipinski definition) is 7. The summed E-state index contributed by atoms with van der Waals surface area (Å²) in [5, 5.41) is 14.8. The first-order chi connectivity index (χ1) is 15.5. The van der Waals surface area contributed by atoms with Gasteiger partial charge in [0.1, 0.15) is 0 Å². The first kappa shape index (κ1) is 18.9. The predicted octanol–water partition coefficient (Wildman–Crippen LogP) is 3.85. The number of non-ortho nitro benzene ring substituents is 1. The molecule has 2 saturated carbocycles. The lowest BCUT2D eigenvalue weighted by Gasteiger charge is -2.19. The Kier molecular flexibility index (Phi) is 4.01. The zero-order chi connectivity index (χ0) is 22.0. The lowest BCUT2D eigenvalue weighted by molar-refractivity contribution is -0.384. The van der Waals surface area contributed by atoms with E-state index >= 15 is 0 Å². The van der Waals surface area contributed by atoms with Crippen LogP contribution >= 0.6 is 0 Å². The van der Waals surface area contributed by atoms with Crippen LogP contribution in [0.1, 0.15) is 19.3 Å². The maximum Gasteiger partial charge on any atom is 0.269 e. The molecule has 2 heterocycles. The van der Waals surface area contributed by atoms with Crippen LogP contribution in [0.5, 0.6) is 0 Å². The molecule has 9 heteroatoms. The van der Waals surface area contributed by atoms with Gasteiger partial charge in [0.25, 0.3) is 11.6 Å². The quantitative estimate of drug-likeness (QED) is 0.350. The highest BCUT2D eigenvalue weighted by Crippen LogP contribution is 2.56. The maximum atomic E-state index is 13.0. The first-order valence-corrected chi connectivity index (χ1v) is 10.6. The van der Waals surface area contributed by atoms with Crippen molar-refractivity contribution in [2.75, 3.05) is 4.90 Å². The average Bonchev–Trinajstić information content (AvgIpc) is 3.58. The molecule has 9 nitrogen and oxygen atoms in total. The number of nitrogens with zero attached hydrogens (tertiary/aromatic N) is 4. The third kappa shape index (κ3) is 2.70. The fraction of sp³-hybridized carbons (Fsp3) is 0.304. The molecule has 4 atom stereocenters. The Morgan fingerprint density at radius 2 is 1.50 bits per heavy atom. The number of nitro groups is 1. The summed E-state index contributed by atoms with van der Waals surface area (Å²) in [5.41, 5.74) is 1.79. The van der Waals surface area contributed by atoms with Gasteiger partial charge in [-0.2, -0.15) is 4.98 Å². The molecule has 3 aromatic rings. The second-order valence-corrected chi connectivity index (χ2v) is 8.67. The molecule has 6 rings (SSSR count). The molecule has 0 spiro atoms. The Bertz CT molecular complexity index is 1220. The van der Waals surface area contributed by atoms with Gasteiger partial charge in [-0.1, -0.05) is 5.16 Å². The largest absolute Gasteiger partial charge is 0.334 e. The van der Waals surface area contributed by atoms with Gasteiger partial charge < -0.3 is 4.52 Å². The fourth-order valence-corrected chi connectivity index (χ4v) is 5.61. The Balaban J connectivity index is 1.24. The van der Waals surface area contributed by atoms with Crippen molar-refractivity contribution in [3.63, 3.8) is 0 Å². The van der Waals surface area contributed by atoms with E-state index < -0.39 is 4.92 Å². The third-order valence-corrected chi connectivity index (χ3v) is 7.06. The molecule has 1 saturated heterocycles. The van der Waals surface area contributed by atoms with Crippen LogP contribution in [0, 0.1) is 33.8 Å². The zero-order valence-electron chi connectivity index (χ0n) is 16.9. The third-order valence-electron chi connectivity index (χ3n) is 7.06. The maximum absolute atomic E-state index is 13.0. The molecule has 0 radical (unpaired) electrons. The number of rotatable bonds is 4. The molecule has 3 aliphatic rings. The van der Waals surface area contributed by atoms with Crippen LogP contribution in [0.25, 0.3) is 22.8 Å². The van der Waals surface area contributed by atoms with Crippen LogP contribution in [0.4, 0.5) is 11.4 Å². The van der Waals surface area contributed by atoms with Crippen molar-refractivity contribution in [1.82, 2.24) is 10.1 Å². The van der Waals surface area contributed by atoms with Gasteiger partial charge in [0.15, 0.2) is 0 Å². The summed E-state index contributed by atoms with van der Waals surface area (Å²) in [6.07, 6.45) is 3.10. The van der Waals surface area contributed by atoms with Crippen LogP contribution in [0.15, 0.2) is 53.1 Å². The van der Waals surface area contributed by atoms with E-state index in [2.05, 4.69) is 10.1 Å². The molecule has 3 fully saturated rings. The van der Waals surface area contributed by atoms with Gasteiger partial charge in [0.2, 0.25) is 17.6 Å². The van der Waals surface area contributed by atoms with E-state index in [1.54, 1.807) is 36.4 Å². The smallest absolute Gasteiger partial charge is 0.269 e. The Morgan fingerprint density at radius 1 is 0.906 bits per heavy atom. The van der Waals surface area contributed by atoms with Crippen molar-refractivity contribution in [2.45, 2.75) is 19.3 Å². The average molecular weight is 430 g/mol. The molecule has 2 amide bonds. The summed E-state index contributed by atoms with van der Waals surface area (Å²) in [6, 6.07) is 12.8. The highest BCUT2D eigenvalue weighted by Gasteiger charge is 2.61. The predicted molar refractivity (Wildman–Crippen MR) is 112 cm³/mol. The Labute approximate surface area is 182 Å². The molecule has 2 bridgehead atoms. The van der Waals surface area contributed by atoms with Crippen molar-refractivity contribution < 1.29 is 19.0 Å². The Hall–Kier alpha value is -3.88. The van der Waals surface area contributed by atoms with E-state index in [0.717, 1.165) is 19.3 Å². The number of carbonyl (C=O) groups excluding carboxylic acids is 2. The van der Waals surface area contributed by atoms with Crippen molar-refractivity contribution in [2.24, 2.45) is 23.7 Å². The number of fused-ring (bicyclic) bond motifs is 5. The monoisotopic (exact) mass is 430 g/mol. The molecule has 1 aromatic heterocycles. The minimum atomic E-state index is -0.471. The number of carbonyl (C=O) groups is 2. The summed E-state index contributed by atoms with van der Waals surface area (Å²) in [4.78, 5) is 42.0. The SMILES string of the molecule is O=C1[C@H]2[C@@H]3CC[C@H](C3)[C@@H]2C(=O)N1c1ccc(-c2nc(-c3ccc([N+](=O)[O-])cc3)no2)cc1. The van der Waals surface area contributed by atoms with E-state index in [9.17, 15) is 19.7 Å². The van der Waals surface area contributed by atoms with Crippen LogP contribution in [-0.2, 0) is 9.59 Å². The standard InChI is InChI=1S/C23H18N4O5/c28-22-18-14-1-2-15(11-14)19(18)23(29)26(22)16-7-5-13(6-8-16)21-24-20(25-32-21)12-3-9-17(10-4-12)27(30)31/h3-10,14-15,18-19H,1-2,11H2/t14-,15-,18+,19+/m1/s1. The van der Waals surface area contributed by atoms with Gasteiger partial charge in [-0.05, 0) is 67.5 Å². The van der Waals surface area contributed by atoms with E-state index in [0.29, 0.717) is 34.5 Å². The van der Waals surface area contributed by atoms with Crippen LogP contribution in [0.3, 0.4) is 0 Å². The van der Waals surface area contributed by atoms with Crippen molar-refractivity contribution in [1.29, 1.82) is 0 Å². The van der Waals surface area contributed by atoms with Gasteiger partial charge in [0, 0.05) is 23.3 Å². The summed E-state index contributed by atoms with van der Waals surface area (Å²) in [6.45, 7) is 0. The number of aromatic nitrogens is 2. The second-order valence-electron chi connectivity index (χ2n) is 8.67. The van der Waals surface area contributed by atoms with Crippen molar-refractivity contribution >= 4 is 23.2 Å². The zero-order valence-corrected chi connectivity index (χ0v) is 16.9. The normalized spacial score (nSPS) is 26.1. The van der Waals surface area contributed by atoms with Gasteiger partial charge in [-0.15, -0.1) is 0 Å². The summed E-state index contributed by atoms with van der Waals surface area (Å²) < 4.78 is 5.34. The minimum Gasteiger partial charge on any atom is -0.334 e. The molecular weight excluding hydrogens is 412 g/mol. The lowest BCUT2D eigenvalue weighted by Crippen LogP contribution is -2.32. The number of hydrogen-bond donors (Lipinski definition) is 0. The molecule has 0 N–H and O–H groups in total. The van der Waals surface area contributed by atoms with Crippen molar-refractivity contribution in [3.05, 3.63) is 58.6 Å². The van der Waals surface area contributed by atoms with Gasteiger partial charge in [-0.3, -0.25) is 24.6 Å². The number of nitro benzene ring substituents is 1. The lowest BCUT2D eigenvalue weighted by atomic mass is 9.81. The number of amides is 2. The number of imide groups is 1. The van der Waals surface area contributed by atoms with E-state index in [1.165, 1.54) is 17.0 Å². The summed E-state index contributed by atoms with van der Waals surface area (Å²) in [7, 11) is 0. The Morgan fingerprint density at radius 3 is 2.09 bits per heavy atom. The number of anilines is 1. The van der Waals surface area contributed by atoms with Crippen LogP contribution in [0.2, 0.25) is 0 Å². The van der Waals surface area contributed by atoms with Crippen molar-refractivity contribution in [3.8, 4) is 22.8 Å². The molecular formula is C23H18N4O5. The molecule has 32 heavy (non-hydrogen) atoms. The van der Waals surface area contributed by atoms with E-state index in [-0.39, 0.29) is 35.2 Å². The fourth-order valence-electron chi connectivity index (χ4n) is 5.61. The highest BCUT2D eigenvalue weighted by atomic mass is 16.6. The van der Waals surface area contributed by atoms with E-state index in [4.69, 9.17) is 4.52 Å². The van der Waals surface area contributed by atoms with Crippen LogP contribution < -0.4 is 4.90 Å². The number of benzene rings is 2. The highest BCUT2D eigenvalue weighted by molar-refractivity contribution is 6.22. The molecule has 2 aromatic carbocycles. The van der Waals surface area contributed by atoms with Gasteiger partial charge in [-0.25, -0.2) is 0 Å². The molecule has 2 aliphatic carbocycles. The summed E-state index contributed by atoms with van der Waals surface area (Å²) in [5.74, 6) is 0.841. The summed E-state index contributed by atoms with van der Waals surface area (Å²) >= 11 is 0. The minimum absolute atomic E-state index is 0.0174. The van der Waals surface area contributed by atoms with Gasteiger partial charge in [0.05, 0.1) is 22.4 Å². The van der Waals surface area contributed by atoms with Gasteiger partial charge >= 0.3 is 0 Å². The second kappa shape index (κ2) is 6.81.